The maximum Gasteiger partial charge on any atom is 0.335 e. The molecule has 0 bridgehead atoms. The zero-order valence-corrected chi connectivity index (χ0v) is 12.5. The molecule has 21 heavy (non-hydrogen) atoms. The van der Waals surface area contributed by atoms with Gasteiger partial charge in [0.05, 0.1) is 10.5 Å². The second kappa shape index (κ2) is 5.92. The van der Waals surface area contributed by atoms with E-state index < -0.39 is 10.9 Å². The summed E-state index contributed by atoms with van der Waals surface area (Å²) >= 11 is 3.34. The van der Waals surface area contributed by atoms with Gasteiger partial charge in [0.2, 0.25) is 0 Å². The van der Waals surface area contributed by atoms with Crippen molar-refractivity contribution in [2.24, 2.45) is 0 Å². The fraction of sp³-hybridized carbons (Fsp3) is 0.0714. The average molecular weight is 351 g/mol. The third kappa shape index (κ3) is 3.38. The van der Waals surface area contributed by atoms with Crippen LogP contribution in [0, 0.1) is 17.0 Å². The van der Waals surface area contributed by atoms with E-state index in [4.69, 9.17) is 5.11 Å². The van der Waals surface area contributed by atoms with Crippen molar-refractivity contribution in [3.05, 3.63) is 62.1 Å². The lowest BCUT2D eigenvalue weighted by Gasteiger charge is -2.11. The molecule has 6 nitrogen and oxygen atoms in total. The first-order valence-corrected chi connectivity index (χ1v) is 6.72. The minimum atomic E-state index is -1.14. The van der Waals surface area contributed by atoms with E-state index in [2.05, 4.69) is 21.2 Å². The van der Waals surface area contributed by atoms with Gasteiger partial charge in [-0.1, -0.05) is 15.9 Å². The molecule has 0 aliphatic rings. The van der Waals surface area contributed by atoms with Crippen molar-refractivity contribution >= 4 is 39.0 Å². The van der Waals surface area contributed by atoms with E-state index in [9.17, 15) is 14.9 Å². The monoisotopic (exact) mass is 350 g/mol. The minimum Gasteiger partial charge on any atom is -0.478 e. The van der Waals surface area contributed by atoms with Crippen molar-refractivity contribution in [2.75, 3.05) is 5.32 Å². The van der Waals surface area contributed by atoms with Gasteiger partial charge in [0, 0.05) is 16.2 Å². The zero-order chi connectivity index (χ0) is 15.6. The first-order chi connectivity index (χ1) is 9.88. The number of halogens is 1. The Kier molecular flexibility index (Phi) is 4.23. The molecule has 2 aromatic carbocycles. The molecule has 0 fully saturated rings. The van der Waals surface area contributed by atoms with Gasteiger partial charge in [-0.3, -0.25) is 10.1 Å². The molecule has 2 aromatic rings. The predicted molar refractivity (Wildman–Crippen MR) is 82.2 cm³/mol. The number of carboxylic acids is 1. The second-order valence-electron chi connectivity index (χ2n) is 4.38. The van der Waals surface area contributed by atoms with Gasteiger partial charge in [-0.15, -0.1) is 0 Å². The van der Waals surface area contributed by atoms with E-state index >= 15 is 0 Å². The molecule has 0 saturated carbocycles. The highest BCUT2D eigenvalue weighted by molar-refractivity contribution is 9.10. The molecule has 0 spiro atoms. The quantitative estimate of drug-likeness (QED) is 0.639. The summed E-state index contributed by atoms with van der Waals surface area (Å²) in [6.07, 6.45) is 0. The van der Waals surface area contributed by atoms with E-state index in [0.717, 1.165) is 10.0 Å². The van der Waals surface area contributed by atoms with E-state index in [1.165, 1.54) is 18.2 Å². The van der Waals surface area contributed by atoms with Crippen LogP contribution in [0.25, 0.3) is 0 Å². The van der Waals surface area contributed by atoms with E-state index in [0.29, 0.717) is 5.69 Å². The summed E-state index contributed by atoms with van der Waals surface area (Å²) in [5.74, 6) is -1.14. The number of rotatable bonds is 4. The first kappa shape index (κ1) is 15.0. The van der Waals surface area contributed by atoms with Gasteiger partial charge in [0.15, 0.2) is 0 Å². The number of nitrogens with zero attached hydrogens (tertiary/aromatic N) is 1. The van der Waals surface area contributed by atoms with Gasteiger partial charge >= 0.3 is 5.97 Å². The van der Waals surface area contributed by atoms with Gasteiger partial charge in [0.25, 0.3) is 5.69 Å². The van der Waals surface area contributed by atoms with E-state index in [1.54, 1.807) is 12.1 Å². The fourth-order valence-corrected chi connectivity index (χ4v) is 2.32. The lowest BCUT2D eigenvalue weighted by molar-refractivity contribution is -0.383. The van der Waals surface area contributed by atoms with E-state index in [1.807, 2.05) is 13.0 Å². The van der Waals surface area contributed by atoms with Crippen molar-refractivity contribution in [1.29, 1.82) is 0 Å². The van der Waals surface area contributed by atoms with Crippen LogP contribution in [-0.4, -0.2) is 16.0 Å². The van der Waals surface area contributed by atoms with Gasteiger partial charge < -0.3 is 10.4 Å². The Morgan fingerprint density at radius 3 is 2.52 bits per heavy atom. The Hall–Kier alpha value is -2.41. The smallest absolute Gasteiger partial charge is 0.335 e. The summed E-state index contributed by atoms with van der Waals surface area (Å²) in [6, 6.07) is 9.05. The third-order valence-electron chi connectivity index (χ3n) is 2.90. The molecule has 2 rings (SSSR count). The maximum atomic E-state index is 11.0. The number of hydrogen-bond donors (Lipinski definition) is 2. The van der Waals surface area contributed by atoms with Crippen LogP contribution in [0.1, 0.15) is 15.9 Å². The molecule has 2 N–H and O–H groups in total. The zero-order valence-electron chi connectivity index (χ0n) is 11.0. The molecule has 0 unspecified atom stereocenters. The Morgan fingerprint density at radius 2 is 1.95 bits per heavy atom. The number of nitro benzene ring substituents is 1. The number of nitro groups is 1. The van der Waals surface area contributed by atoms with Crippen LogP contribution in [0.2, 0.25) is 0 Å². The van der Waals surface area contributed by atoms with Crippen molar-refractivity contribution < 1.29 is 14.8 Å². The van der Waals surface area contributed by atoms with Crippen LogP contribution in [0.4, 0.5) is 17.1 Å². The van der Waals surface area contributed by atoms with Gasteiger partial charge in [-0.05, 0) is 42.8 Å². The molecule has 0 aliphatic heterocycles. The Morgan fingerprint density at radius 1 is 1.24 bits per heavy atom. The maximum absolute atomic E-state index is 11.0. The van der Waals surface area contributed by atoms with E-state index in [-0.39, 0.29) is 16.9 Å². The highest BCUT2D eigenvalue weighted by Gasteiger charge is 2.17. The molecule has 0 heterocycles. The van der Waals surface area contributed by atoms with Crippen LogP contribution in [-0.2, 0) is 0 Å². The molecule has 0 aromatic heterocycles. The number of carboxylic acid groups (broad SMARTS) is 1. The lowest BCUT2D eigenvalue weighted by Crippen LogP contribution is -2.02. The summed E-state index contributed by atoms with van der Waals surface area (Å²) < 4.78 is 0.888. The topological polar surface area (TPSA) is 92.5 Å². The molecule has 0 amide bonds. The van der Waals surface area contributed by atoms with Crippen molar-refractivity contribution in [2.45, 2.75) is 6.92 Å². The standard InChI is InChI=1S/C14H11BrN2O4/c1-8-6-10(15)3-4-11(8)16-12-7-9(14(18)19)2-5-13(12)17(20)21/h2-7,16H,1H3,(H,18,19). The molecule has 108 valence electrons. The summed E-state index contributed by atoms with van der Waals surface area (Å²) in [6.45, 7) is 1.85. The molecule has 0 atom stereocenters. The van der Waals surface area contributed by atoms with Crippen molar-refractivity contribution in [3.8, 4) is 0 Å². The molecular weight excluding hydrogens is 340 g/mol. The minimum absolute atomic E-state index is 0.0159. The number of nitrogens with one attached hydrogen (secondary N) is 1. The second-order valence-corrected chi connectivity index (χ2v) is 5.29. The molecule has 7 heteroatoms. The average Bonchev–Trinajstić information content (AvgIpc) is 2.41. The molecular formula is C14H11BrN2O4. The largest absolute Gasteiger partial charge is 0.478 e. The molecule has 0 aliphatic carbocycles. The van der Waals surface area contributed by atoms with Crippen molar-refractivity contribution in [3.63, 3.8) is 0 Å². The number of carbonyl (C=O) groups is 1. The number of aryl methyl sites for hydroxylation is 1. The lowest BCUT2D eigenvalue weighted by atomic mass is 10.1. The predicted octanol–water partition coefficient (Wildman–Crippen LogP) is 4.11. The summed E-state index contributed by atoms with van der Waals surface area (Å²) in [4.78, 5) is 21.5. The summed E-state index contributed by atoms with van der Waals surface area (Å²) in [7, 11) is 0. The fourth-order valence-electron chi connectivity index (χ4n) is 1.84. The molecule has 0 saturated heterocycles. The molecule has 0 radical (unpaired) electrons. The summed E-state index contributed by atoms with van der Waals surface area (Å²) in [5, 5.41) is 23.0. The van der Waals surface area contributed by atoms with Crippen LogP contribution in [0.15, 0.2) is 40.9 Å². The highest BCUT2D eigenvalue weighted by atomic mass is 79.9. The van der Waals surface area contributed by atoms with Gasteiger partial charge in [-0.25, -0.2) is 4.79 Å². The number of aromatic carboxylic acids is 1. The number of hydrogen-bond acceptors (Lipinski definition) is 4. The first-order valence-electron chi connectivity index (χ1n) is 5.93. The SMILES string of the molecule is Cc1cc(Br)ccc1Nc1cc(C(=O)O)ccc1[N+](=O)[O-]. The third-order valence-corrected chi connectivity index (χ3v) is 3.39. The van der Waals surface area contributed by atoms with Gasteiger partial charge in [0.1, 0.15) is 5.69 Å². The Balaban J connectivity index is 2.48. The number of benzene rings is 2. The van der Waals surface area contributed by atoms with Crippen LogP contribution in [0.3, 0.4) is 0 Å². The Labute approximate surface area is 128 Å². The van der Waals surface area contributed by atoms with Crippen LogP contribution >= 0.6 is 15.9 Å². The van der Waals surface area contributed by atoms with Crippen LogP contribution < -0.4 is 5.32 Å². The van der Waals surface area contributed by atoms with Gasteiger partial charge in [-0.2, -0.15) is 0 Å². The normalized spacial score (nSPS) is 10.2. The summed E-state index contributed by atoms with van der Waals surface area (Å²) in [5.41, 5.74) is 1.49. The Bertz CT molecular complexity index is 731. The van der Waals surface area contributed by atoms with Crippen molar-refractivity contribution in [1.82, 2.24) is 0 Å². The van der Waals surface area contributed by atoms with Crippen LogP contribution in [0.5, 0.6) is 0 Å². The number of anilines is 2. The highest BCUT2D eigenvalue weighted by Crippen LogP contribution is 2.31.